The first-order valence-electron chi connectivity index (χ1n) is 4.40. The van der Waals surface area contributed by atoms with Crippen LogP contribution in [0.3, 0.4) is 0 Å². The van der Waals surface area contributed by atoms with Gasteiger partial charge < -0.3 is 0 Å². The molecular formula is C9H7ClN4O2. The van der Waals surface area contributed by atoms with Crippen molar-refractivity contribution in [2.24, 2.45) is 0 Å². The molecule has 0 fully saturated rings. The van der Waals surface area contributed by atoms with E-state index in [1.807, 2.05) is 0 Å². The van der Waals surface area contributed by atoms with Crippen molar-refractivity contribution in [2.75, 3.05) is 0 Å². The highest BCUT2D eigenvalue weighted by molar-refractivity contribution is 6.30. The molecule has 0 aliphatic carbocycles. The zero-order chi connectivity index (χ0) is 11.7. The van der Waals surface area contributed by atoms with Crippen molar-refractivity contribution in [1.82, 2.24) is 14.8 Å². The lowest BCUT2D eigenvalue weighted by Gasteiger charge is -2.01. The predicted octanol–water partition coefficient (Wildman–Crippen LogP) is 2.14. The lowest BCUT2D eigenvalue weighted by atomic mass is 10.4. The average Bonchev–Trinajstić information content (AvgIpc) is 2.64. The van der Waals surface area contributed by atoms with Crippen LogP contribution in [0.4, 0.5) is 5.69 Å². The van der Waals surface area contributed by atoms with E-state index in [0.717, 1.165) is 5.69 Å². The molecule has 6 nitrogen and oxygen atoms in total. The summed E-state index contributed by atoms with van der Waals surface area (Å²) >= 11 is 5.66. The molecule has 2 heterocycles. The third-order valence-electron chi connectivity index (χ3n) is 1.95. The Hall–Kier alpha value is -1.95. The van der Waals surface area contributed by atoms with Gasteiger partial charge in [0.2, 0.25) is 5.82 Å². The standard InChI is InChI=1S/C9H7ClN4O2/c1-6-2-3-13(12-6)9-8(14(15)16)4-7(10)5-11-9/h2-5H,1H3. The number of halogens is 1. The number of hydrogen-bond acceptors (Lipinski definition) is 4. The number of aryl methyl sites for hydroxylation is 1. The molecule has 2 aromatic heterocycles. The van der Waals surface area contributed by atoms with Crippen LogP contribution in [0.5, 0.6) is 0 Å². The van der Waals surface area contributed by atoms with Gasteiger partial charge in [-0.05, 0) is 13.0 Å². The zero-order valence-electron chi connectivity index (χ0n) is 8.29. The third-order valence-corrected chi connectivity index (χ3v) is 2.16. The fraction of sp³-hybridized carbons (Fsp3) is 0.111. The summed E-state index contributed by atoms with van der Waals surface area (Å²) < 4.78 is 1.35. The maximum absolute atomic E-state index is 10.8. The second-order valence-electron chi connectivity index (χ2n) is 3.16. The maximum atomic E-state index is 10.8. The summed E-state index contributed by atoms with van der Waals surface area (Å²) in [6.07, 6.45) is 2.96. The van der Waals surface area contributed by atoms with Crippen LogP contribution in [-0.4, -0.2) is 19.7 Å². The van der Waals surface area contributed by atoms with E-state index in [0.29, 0.717) is 0 Å². The first-order valence-corrected chi connectivity index (χ1v) is 4.78. The van der Waals surface area contributed by atoms with Crippen LogP contribution >= 0.6 is 11.6 Å². The minimum Gasteiger partial charge on any atom is -0.258 e. The quantitative estimate of drug-likeness (QED) is 0.593. The van der Waals surface area contributed by atoms with E-state index >= 15 is 0 Å². The van der Waals surface area contributed by atoms with E-state index in [4.69, 9.17) is 11.6 Å². The van der Waals surface area contributed by atoms with Crippen molar-refractivity contribution < 1.29 is 4.92 Å². The molecule has 0 aromatic carbocycles. The fourth-order valence-electron chi connectivity index (χ4n) is 1.27. The molecule has 0 amide bonds. The van der Waals surface area contributed by atoms with E-state index in [2.05, 4.69) is 10.1 Å². The van der Waals surface area contributed by atoms with Gasteiger partial charge in [0.25, 0.3) is 0 Å². The highest BCUT2D eigenvalue weighted by atomic mass is 35.5. The SMILES string of the molecule is Cc1ccn(-c2ncc(Cl)cc2[N+](=O)[O-])n1. The topological polar surface area (TPSA) is 73.8 Å². The van der Waals surface area contributed by atoms with Gasteiger partial charge in [0.15, 0.2) is 0 Å². The van der Waals surface area contributed by atoms with Crippen molar-refractivity contribution >= 4 is 17.3 Å². The number of nitro groups is 1. The van der Waals surface area contributed by atoms with Crippen LogP contribution in [-0.2, 0) is 0 Å². The van der Waals surface area contributed by atoms with Gasteiger partial charge >= 0.3 is 5.69 Å². The summed E-state index contributed by atoms with van der Waals surface area (Å²) in [5.74, 6) is 0.155. The Balaban J connectivity index is 2.60. The molecule has 0 saturated carbocycles. The zero-order valence-corrected chi connectivity index (χ0v) is 9.05. The van der Waals surface area contributed by atoms with Gasteiger partial charge in [-0.25, -0.2) is 9.67 Å². The summed E-state index contributed by atoms with van der Waals surface area (Å²) in [5, 5.41) is 15.1. The number of pyridine rings is 1. The molecule has 0 bridgehead atoms. The van der Waals surface area contributed by atoms with E-state index < -0.39 is 4.92 Å². The van der Waals surface area contributed by atoms with Crippen molar-refractivity contribution in [3.63, 3.8) is 0 Å². The number of hydrogen-bond donors (Lipinski definition) is 0. The maximum Gasteiger partial charge on any atom is 0.315 e. The highest BCUT2D eigenvalue weighted by Gasteiger charge is 2.18. The minimum atomic E-state index is -0.536. The van der Waals surface area contributed by atoms with E-state index in [-0.39, 0.29) is 16.5 Å². The average molecular weight is 239 g/mol. The fourth-order valence-corrected chi connectivity index (χ4v) is 1.42. The van der Waals surface area contributed by atoms with Crippen LogP contribution in [0.25, 0.3) is 5.82 Å². The van der Waals surface area contributed by atoms with Crippen LogP contribution in [0, 0.1) is 17.0 Å². The molecule has 7 heteroatoms. The molecule has 0 N–H and O–H groups in total. The van der Waals surface area contributed by atoms with Crippen molar-refractivity contribution in [2.45, 2.75) is 6.92 Å². The monoisotopic (exact) mass is 238 g/mol. The van der Waals surface area contributed by atoms with Gasteiger partial charge in [-0.3, -0.25) is 10.1 Å². The van der Waals surface area contributed by atoms with Crippen LogP contribution in [0.15, 0.2) is 24.5 Å². The largest absolute Gasteiger partial charge is 0.315 e. The van der Waals surface area contributed by atoms with Gasteiger partial charge in [0.1, 0.15) is 0 Å². The normalized spacial score (nSPS) is 10.4. The Morgan fingerprint density at radius 2 is 2.31 bits per heavy atom. The number of nitrogens with zero attached hydrogens (tertiary/aromatic N) is 4. The Morgan fingerprint density at radius 3 is 2.88 bits per heavy atom. The van der Waals surface area contributed by atoms with E-state index in [1.165, 1.54) is 16.9 Å². The highest BCUT2D eigenvalue weighted by Crippen LogP contribution is 2.23. The third kappa shape index (κ3) is 1.87. The van der Waals surface area contributed by atoms with Gasteiger partial charge in [-0.15, -0.1) is 0 Å². The Morgan fingerprint density at radius 1 is 1.56 bits per heavy atom. The Bertz CT molecular complexity index is 552. The smallest absolute Gasteiger partial charge is 0.258 e. The second-order valence-corrected chi connectivity index (χ2v) is 3.59. The van der Waals surface area contributed by atoms with Crippen molar-refractivity contribution in [3.8, 4) is 5.82 Å². The summed E-state index contributed by atoms with van der Waals surface area (Å²) in [6, 6.07) is 2.99. The van der Waals surface area contributed by atoms with Gasteiger partial charge in [0, 0.05) is 18.5 Å². The molecule has 0 radical (unpaired) electrons. The lowest BCUT2D eigenvalue weighted by Crippen LogP contribution is -2.03. The molecule has 0 aliphatic rings. The van der Waals surface area contributed by atoms with Gasteiger partial charge in [0.05, 0.1) is 15.6 Å². The van der Waals surface area contributed by atoms with Crippen molar-refractivity contribution in [3.05, 3.63) is 45.4 Å². The summed E-state index contributed by atoms with van der Waals surface area (Å²) in [7, 11) is 0. The molecule has 0 spiro atoms. The molecule has 82 valence electrons. The van der Waals surface area contributed by atoms with Gasteiger partial charge in [-0.2, -0.15) is 5.10 Å². The molecule has 2 rings (SSSR count). The summed E-state index contributed by atoms with van der Waals surface area (Å²) in [5.41, 5.74) is 0.585. The van der Waals surface area contributed by atoms with E-state index in [9.17, 15) is 10.1 Å². The second kappa shape index (κ2) is 3.90. The molecular weight excluding hydrogens is 232 g/mol. The van der Waals surface area contributed by atoms with E-state index in [1.54, 1.807) is 19.2 Å². The lowest BCUT2D eigenvalue weighted by molar-refractivity contribution is -0.384. The Labute approximate surface area is 95.6 Å². The number of aromatic nitrogens is 3. The summed E-state index contributed by atoms with van der Waals surface area (Å²) in [6.45, 7) is 1.79. The van der Waals surface area contributed by atoms with Gasteiger partial charge in [-0.1, -0.05) is 11.6 Å². The minimum absolute atomic E-state index is 0.155. The summed E-state index contributed by atoms with van der Waals surface area (Å²) in [4.78, 5) is 14.2. The first kappa shape index (κ1) is 10.6. The van der Waals surface area contributed by atoms with Crippen LogP contribution in [0.2, 0.25) is 5.02 Å². The number of rotatable bonds is 2. The first-order chi connectivity index (χ1) is 7.58. The molecule has 2 aromatic rings. The van der Waals surface area contributed by atoms with Crippen molar-refractivity contribution in [1.29, 1.82) is 0 Å². The van der Waals surface area contributed by atoms with Crippen LogP contribution in [0.1, 0.15) is 5.69 Å². The molecule has 16 heavy (non-hydrogen) atoms. The molecule has 0 aliphatic heterocycles. The molecule has 0 atom stereocenters. The van der Waals surface area contributed by atoms with Crippen LogP contribution < -0.4 is 0 Å². The predicted molar refractivity (Wildman–Crippen MR) is 57.8 cm³/mol. The molecule has 0 saturated heterocycles. The Kier molecular flexibility index (Phi) is 2.57. The molecule has 0 unspecified atom stereocenters.